The van der Waals surface area contributed by atoms with Gasteiger partial charge in [-0.3, -0.25) is 4.99 Å². The van der Waals surface area contributed by atoms with E-state index in [9.17, 15) is 12.8 Å². The molecule has 0 amide bonds. The van der Waals surface area contributed by atoms with Crippen LogP contribution in [0, 0.1) is 5.82 Å². The Kier molecular flexibility index (Phi) is 5.70. The first-order valence-electron chi connectivity index (χ1n) is 8.33. The van der Waals surface area contributed by atoms with Gasteiger partial charge in [-0.1, -0.05) is 57.0 Å². The fourth-order valence-electron chi connectivity index (χ4n) is 3.37. The van der Waals surface area contributed by atoms with E-state index in [1.165, 1.54) is 17.8 Å². The summed E-state index contributed by atoms with van der Waals surface area (Å²) < 4.78 is 39.5. The minimum atomic E-state index is -3.19. The number of amidine groups is 1. The number of hydrogen-bond acceptors (Lipinski definition) is 5. The summed E-state index contributed by atoms with van der Waals surface area (Å²) in [5.41, 5.74) is 1.20. The van der Waals surface area contributed by atoms with Crippen molar-refractivity contribution in [2.45, 2.75) is 17.8 Å². The highest BCUT2D eigenvalue weighted by molar-refractivity contribution is 9.10. The quantitative estimate of drug-likeness (QED) is 0.556. The van der Waals surface area contributed by atoms with Gasteiger partial charge in [0, 0.05) is 20.3 Å². The number of rotatable bonds is 3. The molecule has 0 radical (unpaired) electrons. The summed E-state index contributed by atoms with van der Waals surface area (Å²) in [6.07, 6.45) is 0. The van der Waals surface area contributed by atoms with Crippen LogP contribution in [0.15, 0.2) is 45.9 Å². The molecule has 2 aliphatic rings. The molecule has 10 heteroatoms. The van der Waals surface area contributed by atoms with Crippen LogP contribution in [0.2, 0.25) is 10.0 Å². The third kappa shape index (κ3) is 4.07. The van der Waals surface area contributed by atoms with Crippen LogP contribution in [0.5, 0.6) is 0 Å². The zero-order valence-corrected chi connectivity index (χ0v) is 19.0. The zero-order chi connectivity index (χ0) is 20.1. The summed E-state index contributed by atoms with van der Waals surface area (Å²) in [6, 6.07) is 9.20. The Hall–Kier alpha value is -0.800. The normalized spacial score (nSPS) is 23.0. The number of aliphatic imine (C=N–C) groups is 1. The van der Waals surface area contributed by atoms with Gasteiger partial charge < -0.3 is 4.90 Å². The monoisotopic (exact) mass is 522 g/mol. The molecule has 148 valence electrons. The first-order valence-corrected chi connectivity index (χ1v) is 12.7. The maximum Gasteiger partial charge on any atom is 0.164 e. The summed E-state index contributed by atoms with van der Waals surface area (Å²) in [5.74, 6) is 0.0213. The van der Waals surface area contributed by atoms with Crippen LogP contribution >= 0.6 is 50.9 Å². The van der Waals surface area contributed by atoms with Crippen LogP contribution < -0.4 is 4.90 Å². The van der Waals surface area contributed by atoms with E-state index in [0.29, 0.717) is 31.1 Å². The first kappa shape index (κ1) is 20.5. The Labute approximate surface area is 185 Å². The molecule has 0 bridgehead atoms. The number of nitrogens with zero attached hydrogens (tertiary/aromatic N) is 2. The van der Waals surface area contributed by atoms with Gasteiger partial charge >= 0.3 is 0 Å². The number of fused-ring (bicyclic) bond motifs is 1. The molecule has 2 aromatic rings. The summed E-state index contributed by atoms with van der Waals surface area (Å²) in [6.45, 7) is 0. The van der Waals surface area contributed by atoms with Crippen molar-refractivity contribution >= 4 is 71.6 Å². The molecule has 2 atom stereocenters. The fraction of sp³-hybridized carbons (Fsp3) is 0.278. The van der Waals surface area contributed by atoms with Gasteiger partial charge in [0.25, 0.3) is 0 Å². The second kappa shape index (κ2) is 7.80. The number of sulfone groups is 1. The minimum absolute atomic E-state index is 0.0158. The lowest BCUT2D eigenvalue weighted by Gasteiger charge is -2.27. The van der Waals surface area contributed by atoms with Crippen LogP contribution in [0.25, 0.3) is 0 Å². The molecular formula is C18H14BrCl2FN2O2S2. The predicted molar refractivity (Wildman–Crippen MR) is 118 cm³/mol. The van der Waals surface area contributed by atoms with Crippen molar-refractivity contribution in [3.05, 3.63) is 62.3 Å². The third-order valence-electron chi connectivity index (χ3n) is 4.65. The minimum Gasteiger partial charge on any atom is -0.312 e. The van der Waals surface area contributed by atoms with Gasteiger partial charge in [-0.05, 0) is 35.9 Å². The molecule has 0 aliphatic carbocycles. The van der Waals surface area contributed by atoms with Crippen LogP contribution in [0.3, 0.4) is 0 Å². The molecule has 4 nitrogen and oxygen atoms in total. The SMILES string of the molecule is O=S1(=O)C[C@@H]2N=C(SCc3ccc(Cl)cc3Cl)N(c3ccc(Br)cc3F)[C@@H]2C1. The number of benzene rings is 2. The Balaban J connectivity index is 1.65. The van der Waals surface area contributed by atoms with E-state index in [2.05, 4.69) is 20.9 Å². The molecule has 2 heterocycles. The zero-order valence-electron chi connectivity index (χ0n) is 14.3. The fourth-order valence-corrected chi connectivity index (χ4v) is 7.22. The first-order chi connectivity index (χ1) is 13.2. The van der Waals surface area contributed by atoms with Crippen molar-refractivity contribution in [3.63, 3.8) is 0 Å². The summed E-state index contributed by atoms with van der Waals surface area (Å²) in [7, 11) is -3.19. The Morgan fingerprint density at radius 1 is 1.21 bits per heavy atom. The highest BCUT2D eigenvalue weighted by Crippen LogP contribution is 2.38. The van der Waals surface area contributed by atoms with Crippen molar-refractivity contribution in [3.8, 4) is 0 Å². The van der Waals surface area contributed by atoms with Crippen LogP contribution in [0.4, 0.5) is 10.1 Å². The lowest BCUT2D eigenvalue weighted by atomic mass is 10.1. The topological polar surface area (TPSA) is 49.7 Å². The van der Waals surface area contributed by atoms with E-state index in [1.807, 2.05) is 6.07 Å². The van der Waals surface area contributed by atoms with Crippen molar-refractivity contribution in [2.24, 2.45) is 4.99 Å². The van der Waals surface area contributed by atoms with E-state index in [-0.39, 0.29) is 11.5 Å². The van der Waals surface area contributed by atoms with Crippen LogP contribution in [-0.2, 0) is 15.6 Å². The van der Waals surface area contributed by atoms with Crippen molar-refractivity contribution < 1.29 is 12.8 Å². The van der Waals surface area contributed by atoms with Crippen molar-refractivity contribution in [1.82, 2.24) is 0 Å². The van der Waals surface area contributed by atoms with E-state index in [4.69, 9.17) is 23.2 Å². The van der Waals surface area contributed by atoms with E-state index in [1.54, 1.807) is 29.2 Å². The Morgan fingerprint density at radius 2 is 2.00 bits per heavy atom. The van der Waals surface area contributed by atoms with Gasteiger partial charge in [0.05, 0.1) is 29.3 Å². The average Bonchev–Trinajstić information content (AvgIpc) is 3.06. The summed E-state index contributed by atoms with van der Waals surface area (Å²) in [4.78, 5) is 6.32. The molecule has 4 rings (SSSR count). The predicted octanol–water partition coefficient (Wildman–Crippen LogP) is 5.17. The highest BCUT2D eigenvalue weighted by atomic mass is 79.9. The van der Waals surface area contributed by atoms with Gasteiger partial charge in [-0.15, -0.1) is 0 Å². The molecule has 1 saturated heterocycles. The lowest BCUT2D eigenvalue weighted by molar-refractivity contribution is 0.600. The summed E-state index contributed by atoms with van der Waals surface area (Å²) >= 11 is 16.9. The molecule has 2 aromatic carbocycles. The molecule has 1 fully saturated rings. The number of thioether (sulfide) groups is 1. The molecule has 0 saturated carbocycles. The number of halogens is 4. The molecule has 28 heavy (non-hydrogen) atoms. The second-order valence-electron chi connectivity index (χ2n) is 6.61. The maximum atomic E-state index is 14.7. The molecular weight excluding hydrogens is 510 g/mol. The van der Waals surface area contributed by atoms with Gasteiger partial charge in [0.1, 0.15) is 5.82 Å². The van der Waals surface area contributed by atoms with Crippen LogP contribution in [-0.4, -0.2) is 37.2 Å². The van der Waals surface area contributed by atoms with Crippen molar-refractivity contribution in [2.75, 3.05) is 16.4 Å². The molecule has 0 N–H and O–H groups in total. The highest BCUT2D eigenvalue weighted by Gasteiger charge is 2.47. The third-order valence-corrected chi connectivity index (χ3v) is 8.44. The number of anilines is 1. The van der Waals surface area contributed by atoms with Gasteiger partial charge in [-0.2, -0.15) is 0 Å². The second-order valence-corrected chi connectivity index (χ2v) is 11.5. The van der Waals surface area contributed by atoms with E-state index >= 15 is 0 Å². The Bertz CT molecular complexity index is 1080. The standard InChI is InChI=1S/C18H14BrCl2FN2O2S2/c19-11-2-4-16(14(22)5-11)24-17-9-28(25,26)8-15(17)23-18(24)27-7-10-1-3-12(20)6-13(10)21/h1-6,15,17H,7-9H2/t15-,17+/m0/s1. The van der Waals surface area contributed by atoms with Gasteiger partial charge in [0.15, 0.2) is 15.0 Å². The molecule has 0 unspecified atom stereocenters. The Morgan fingerprint density at radius 3 is 2.71 bits per heavy atom. The molecule has 0 aromatic heterocycles. The maximum absolute atomic E-state index is 14.7. The molecule has 0 spiro atoms. The largest absolute Gasteiger partial charge is 0.312 e. The van der Waals surface area contributed by atoms with E-state index < -0.39 is 27.7 Å². The van der Waals surface area contributed by atoms with Gasteiger partial charge in [0.2, 0.25) is 0 Å². The smallest absolute Gasteiger partial charge is 0.164 e. The average molecular weight is 524 g/mol. The van der Waals surface area contributed by atoms with Crippen molar-refractivity contribution in [1.29, 1.82) is 0 Å². The lowest BCUT2D eigenvalue weighted by Crippen LogP contribution is -2.39. The molecule has 2 aliphatic heterocycles. The van der Waals surface area contributed by atoms with E-state index in [0.717, 1.165) is 5.56 Å². The van der Waals surface area contributed by atoms with Gasteiger partial charge in [-0.25, -0.2) is 12.8 Å². The van der Waals surface area contributed by atoms with Crippen LogP contribution in [0.1, 0.15) is 5.56 Å². The summed E-state index contributed by atoms with van der Waals surface area (Å²) in [5, 5.41) is 1.69. The number of hydrogen-bond donors (Lipinski definition) is 0.